The monoisotopic (exact) mass is 297 g/mol. The molecular weight excluding hydrogens is 276 g/mol. The number of carbonyl (C=O) groups excluding carboxylic acids is 1. The molecule has 1 heterocycles. The van der Waals surface area contributed by atoms with Crippen LogP contribution in [0.25, 0.3) is 0 Å². The molecule has 1 amide bonds. The molecule has 116 valence electrons. The van der Waals surface area contributed by atoms with E-state index in [9.17, 15) is 13.6 Å². The number of halogens is 2. The van der Waals surface area contributed by atoms with Crippen molar-refractivity contribution >= 4 is 5.91 Å². The lowest BCUT2D eigenvalue weighted by atomic mass is 9.86. The zero-order chi connectivity index (χ0) is 15.2. The number of nitrogens with one attached hydrogen (secondary N) is 2. The topological polar surface area (TPSA) is 67.2 Å². The smallest absolute Gasteiger partial charge is 0.220 e. The molecule has 0 spiro atoms. The van der Waals surface area contributed by atoms with Crippen LogP contribution in [0.1, 0.15) is 30.7 Å². The minimum Gasteiger partial charge on any atom is -0.351 e. The lowest BCUT2D eigenvalue weighted by Crippen LogP contribution is -2.50. The molecule has 1 aromatic carbocycles. The minimum absolute atomic E-state index is 0.0109. The Morgan fingerprint density at radius 3 is 2.90 bits per heavy atom. The Labute approximate surface area is 123 Å². The van der Waals surface area contributed by atoms with E-state index in [1.54, 1.807) is 6.07 Å². The van der Waals surface area contributed by atoms with Gasteiger partial charge in [-0.15, -0.1) is 0 Å². The highest BCUT2D eigenvalue weighted by Crippen LogP contribution is 2.27. The molecule has 6 heteroatoms. The third-order valence-electron chi connectivity index (χ3n) is 3.81. The summed E-state index contributed by atoms with van der Waals surface area (Å²) in [5.41, 5.74) is 6.11. The number of benzene rings is 1. The maximum absolute atomic E-state index is 13.4. The summed E-state index contributed by atoms with van der Waals surface area (Å²) in [5, 5.41) is 6.18. The van der Waals surface area contributed by atoms with Gasteiger partial charge in [-0.3, -0.25) is 4.79 Å². The molecule has 0 aliphatic carbocycles. The Morgan fingerprint density at radius 1 is 1.38 bits per heavy atom. The first-order valence-corrected chi connectivity index (χ1v) is 7.27. The first-order chi connectivity index (χ1) is 10.1. The van der Waals surface area contributed by atoms with Crippen LogP contribution in [0.2, 0.25) is 0 Å². The summed E-state index contributed by atoms with van der Waals surface area (Å²) in [4.78, 5) is 11.8. The fourth-order valence-corrected chi connectivity index (χ4v) is 2.69. The van der Waals surface area contributed by atoms with Gasteiger partial charge in [-0.05, 0) is 43.6 Å². The van der Waals surface area contributed by atoms with Crippen molar-refractivity contribution in [2.75, 3.05) is 19.6 Å². The van der Waals surface area contributed by atoms with E-state index in [0.29, 0.717) is 25.9 Å². The average Bonchev–Trinajstić information content (AvgIpc) is 2.48. The molecule has 2 rings (SSSR count). The van der Waals surface area contributed by atoms with Gasteiger partial charge in [-0.25, -0.2) is 8.78 Å². The van der Waals surface area contributed by atoms with E-state index in [4.69, 9.17) is 5.73 Å². The first-order valence-electron chi connectivity index (χ1n) is 7.27. The Bertz CT molecular complexity index is 496. The van der Waals surface area contributed by atoms with Crippen LogP contribution in [0.4, 0.5) is 8.78 Å². The van der Waals surface area contributed by atoms with Gasteiger partial charge in [0, 0.05) is 24.9 Å². The van der Waals surface area contributed by atoms with Crippen LogP contribution in [0.3, 0.4) is 0 Å². The average molecular weight is 297 g/mol. The number of amides is 1. The van der Waals surface area contributed by atoms with E-state index in [-0.39, 0.29) is 17.9 Å². The van der Waals surface area contributed by atoms with Crippen LogP contribution in [0.15, 0.2) is 18.2 Å². The summed E-state index contributed by atoms with van der Waals surface area (Å²) in [6.45, 7) is 1.89. The van der Waals surface area contributed by atoms with Gasteiger partial charge < -0.3 is 16.4 Å². The molecule has 4 N–H and O–H groups in total. The summed E-state index contributed by atoms with van der Waals surface area (Å²) < 4.78 is 26.4. The predicted molar refractivity (Wildman–Crippen MR) is 76.8 cm³/mol. The number of hydrogen-bond acceptors (Lipinski definition) is 3. The van der Waals surface area contributed by atoms with Gasteiger partial charge in [0.05, 0.1) is 0 Å². The highest BCUT2D eigenvalue weighted by atomic mass is 19.2. The lowest BCUT2D eigenvalue weighted by Gasteiger charge is -2.33. The van der Waals surface area contributed by atoms with Crippen molar-refractivity contribution in [1.82, 2.24) is 10.6 Å². The summed E-state index contributed by atoms with van der Waals surface area (Å²) in [6, 6.07) is 3.84. The van der Waals surface area contributed by atoms with E-state index < -0.39 is 11.6 Å². The third-order valence-corrected chi connectivity index (χ3v) is 3.81. The zero-order valence-corrected chi connectivity index (χ0v) is 11.9. The van der Waals surface area contributed by atoms with Crippen LogP contribution in [-0.2, 0) is 4.79 Å². The lowest BCUT2D eigenvalue weighted by molar-refractivity contribution is -0.122. The summed E-state index contributed by atoms with van der Waals surface area (Å²) >= 11 is 0. The van der Waals surface area contributed by atoms with E-state index in [1.165, 1.54) is 6.07 Å². The molecule has 0 aromatic heterocycles. The van der Waals surface area contributed by atoms with Crippen molar-refractivity contribution in [1.29, 1.82) is 0 Å². The molecule has 21 heavy (non-hydrogen) atoms. The van der Waals surface area contributed by atoms with E-state index in [2.05, 4.69) is 10.6 Å². The third kappa shape index (κ3) is 4.22. The van der Waals surface area contributed by atoms with Gasteiger partial charge in [0.15, 0.2) is 11.6 Å². The Hall–Kier alpha value is -1.53. The Kier molecular flexibility index (Phi) is 5.64. The van der Waals surface area contributed by atoms with Gasteiger partial charge in [0.2, 0.25) is 5.91 Å². The molecule has 0 radical (unpaired) electrons. The summed E-state index contributed by atoms with van der Waals surface area (Å²) in [7, 11) is 0. The van der Waals surface area contributed by atoms with Crippen molar-refractivity contribution in [2.24, 2.45) is 5.73 Å². The maximum Gasteiger partial charge on any atom is 0.220 e. The second kappa shape index (κ2) is 7.47. The molecule has 2 atom stereocenters. The number of carbonyl (C=O) groups is 1. The molecule has 1 fully saturated rings. The quantitative estimate of drug-likeness (QED) is 0.766. The minimum atomic E-state index is -0.851. The predicted octanol–water partition coefficient (Wildman–Crippen LogP) is 1.27. The maximum atomic E-state index is 13.4. The molecular formula is C15H21F2N3O. The van der Waals surface area contributed by atoms with Crippen molar-refractivity contribution < 1.29 is 13.6 Å². The largest absolute Gasteiger partial charge is 0.351 e. The fraction of sp³-hybridized carbons (Fsp3) is 0.533. The molecule has 0 saturated carbocycles. The number of nitrogens with two attached hydrogens (primary N) is 1. The van der Waals surface area contributed by atoms with E-state index in [0.717, 1.165) is 24.6 Å². The van der Waals surface area contributed by atoms with Gasteiger partial charge in [0.1, 0.15) is 0 Å². The van der Waals surface area contributed by atoms with Gasteiger partial charge in [-0.2, -0.15) is 0 Å². The molecule has 1 aromatic rings. The van der Waals surface area contributed by atoms with Gasteiger partial charge in [-0.1, -0.05) is 6.07 Å². The summed E-state index contributed by atoms with van der Waals surface area (Å²) in [6.07, 6.45) is 1.80. The van der Waals surface area contributed by atoms with Crippen molar-refractivity contribution in [3.63, 3.8) is 0 Å². The van der Waals surface area contributed by atoms with Crippen molar-refractivity contribution in [3.05, 3.63) is 35.4 Å². The number of piperidine rings is 1. The van der Waals surface area contributed by atoms with Gasteiger partial charge >= 0.3 is 0 Å². The van der Waals surface area contributed by atoms with Crippen LogP contribution in [0.5, 0.6) is 0 Å². The Morgan fingerprint density at radius 2 is 2.19 bits per heavy atom. The number of rotatable bonds is 5. The van der Waals surface area contributed by atoms with Crippen LogP contribution in [-0.4, -0.2) is 31.6 Å². The van der Waals surface area contributed by atoms with Gasteiger partial charge in [0.25, 0.3) is 0 Å². The molecule has 0 bridgehead atoms. The number of hydrogen-bond donors (Lipinski definition) is 3. The zero-order valence-electron chi connectivity index (χ0n) is 11.9. The Balaban J connectivity index is 2.07. The molecule has 1 aliphatic heterocycles. The van der Waals surface area contributed by atoms with E-state index in [1.807, 2.05) is 0 Å². The van der Waals surface area contributed by atoms with Crippen LogP contribution < -0.4 is 16.4 Å². The van der Waals surface area contributed by atoms with E-state index >= 15 is 0 Å². The standard InChI is InChI=1S/C15H21F2N3O/c16-12-4-3-10(8-13(12)17)11-5-7-19-9-14(11)20-15(21)2-1-6-18/h3-4,8,11,14,19H,1-2,5-7,9,18H2,(H,20,21). The second-order valence-electron chi connectivity index (χ2n) is 5.34. The second-order valence-corrected chi connectivity index (χ2v) is 5.34. The first kappa shape index (κ1) is 15.9. The molecule has 1 aliphatic rings. The van der Waals surface area contributed by atoms with Crippen molar-refractivity contribution in [3.8, 4) is 0 Å². The van der Waals surface area contributed by atoms with Crippen LogP contribution >= 0.6 is 0 Å². The normalized spacial score (nSPS) is 22.0. The fourth-order valence-electron chi connectivity index (χ4n) is 2.69. The summed E-state index contributed by atoms with van der Waals surface area (Å²) in [5.74, 6) is -1.76. The van der Waals surface area contributed by atoms with Crippen LogP contribution in [0, 0.1) is 11.6 Å². The molecule has 2 unspecified atom stereocenters. The highest BCUT2D eigenvalue weighted by molar-refractivity contribution is 5.76. The van der Waals surface area contributed by atoms with Crippen molar-refractivity contribution in [2.45, 2.75) is 31.2 Å². The SMILES string of the molecule is NCCCC(=O)NC1CNCCC1c1ccc(F)c(F)c1. The molecule has 4 nitrogen and oxygen atoms in total. The molecule has 1 saturated heterocycles. The highest BCUT2D eigenvalue weighted by Gasteiger charge is 2.28.